The first-order valence-electron chi connectivity index (χ1n) is 9.43. The number of anilines is 1. The molecule has 4 amide bonds. The van der Waals surface area contributed by atoms with Crippen molar-refractivity contribution in [2.24, 2.45) is 0 Å². The molecule has 9 nitrogen and oxygen atoms in total. The molecule has 2 aromatic rings. The highest BCUT2D eigenvalue weighted by molar-refractivity contribution is 6.33. The summed E-state index contributed by atoms with van der Waals surface area (Å²) in [7, 11) is 0. The van der Waals surface area contributed by atoms with Gasteiger partial charge < -0.3 is 14.3 Å². The maximum Gasteiger partial charge on any atom is 0.332 e. The van der Waals surface area contributed by atoms with E-state index in [-0.39, 0.29) is 28.2 Å². The van der Waals surface area contributed by atoms with Crippen LogP contribution in [0.3, 0.4) is 0 Å². The fraction of sp³-hybridized carbons (Fsp3) is 0.350. The number of carbonyl (C=O) groups excluding carboxylic acids is 3. The summed E-state index contributed by atoms with van der Waals surface area (Å²) >= 11 is 6.24. The number of imide groups is 1. The van der Waals surface area contributed by atoms with E-state index in [1.165, 1.54) is 6.07 Å². The van der Waals surface area contributed by atoms with E-state index >= 15 is 0 Å². The lowest BCUT2D eigenvalue weighted by Crippen LogP contribution is -2.54. The number of hydrogen-bond acceptors (Lipinski definition) is 6. The molecule has 0 saturated carbocycles. The summed E-state index contributed by atoms with van der Waals surface area (Å²) in [4.78, 5) is 43.6. The van der Waals surface area contributed by atoms with E-state index < -0.39 is 24.0 Å². The molecule has 3 atom stereocenters. The van der Waals surface area contributed by atoms with Crippen LogP contribution in [0, 0.1) is 25.2 Å². The van der Waals surface area contributed by atoms with Gasteiger partial charge in [0.15, 0.2) is 5.69 Å². The number of carbonyl (C=O) groups is 3. The van der Waals surface area contributed by atoms with E-state index in [9.17, 15) is 14.4 Å². The number of aryl methyl sites for hydroxylation is 1. The monoisotopic (exact) mass is 425 g/mol. The maximum atomic E-state index is 13.3. The molecule has 0 unspecified atom stereocenters. The minimum Gasteiger partial charge on any atom is -0.361 e. The lowest BCUT2D eigenvalue weighted by molar-refractivity contribution is -0.121. The number of fused-ring (bicyclic) bond motifs is 5. The second-order valence-corrected chi connectivity index (χ2v) is 8.11. The molecule has 0 radical (unpaired) electrons. The number of likely N-dealkylation sites (tertiary alicyclic amines) is 1. The highest BCUT2D eigenvalue weighted by Crippen LogP contribution is 2.44. The zero-order chi connectivity index (χ0) is 21.3. The van der Waals surface area contributed by atoms with Crippen LogP contribution < -0.4 is 4.90 Å². The van der Waals surface area contributed by atoms with Crippen LogP contribution in [-0.2, 0) is 4.79 Å². The SMILES string of the molecule is Cc1cc(C(=O)N2C[C@@H]3C[C@H]2[C@H]2C(=O)N(c4ccc(C#N)c(Cl)c4C)C(=O)N32)no1. The molecule has 1 aromatic carbocycles. The summed E-state index contributed by atoms with van der Waals surface area (Å²) in [6, 6.07) is 4.76. The first-order valence-corrected chi connectivity index (χ1v) is 9.81. The van der Waals surface area contributed by atoms with Crippen molar-refractivity contribution in [3.8, 4) is 6.07 Å². The van der Waals surface area contributed by atoms with Gasteiger partial charge in [0.05, 0.1) is 28.4 Å². The van der Waals surface area contributed by atoms with E-state index in [2.05, 4.69) is 5.16 Å². The molecule has 30 heavy (non-hydrogen) atoms. The van der Waals surface area contributed by atoms with Crippen LogP contribution in [0.1, 0.15) is 33.8 Å². The highest BCUT2D eigenvalue weighted by Gasteiger charge is 2.63. The van der Waals surface area contributed by atoms with Gasteiger partial charge in [-0.1, -0.05) is 16.8 Å². The molecule has 5 rings (SSSR count). The summed E-state index contributed by atoms with van der Waals surface area (Å²) in [6.45, 7) is 3.70. The fourth-order valence-corrected chi connectivity index (χ4v) is 4.93. The van der Waals surface area contributed by atoms with E-state index in [1.54, 1.807) is 35.8 Å². The third-order valence-electron chi connectivity index (χ3n) is 6.09. The number of benzene rings is 1. The van der Waals surface area contributed by atoms with Crippen molar-refractivity contribution in [1.29, 1.82) is 5.26 Å². The normalized spacial score (nSPS) is 24.6. The molecular formula is C20H16ClN5O4. The van der Waals surface area contributed by atoms with Crippen LogP contribution in [0.4, 0.5) is 10.5 Å². The van der Waals surface area contributed by atoms with Crippen LogP contribution in [0.15, 0.2) is 22.7 Å². The Morgan fingerprint density at radius 1 is 1.33 bits per heavy atom. The van der Waals surface area contributed by atoms with Crippen molar-refractivity contribution in [3.63, 3.8) is 0 Å². The Hall–Kier alpha value is -3.38. The van der Waals surface area contributed by atoms with Gasteiger partial charge in [0, 0.05) is 12.6 Å². The van der Waals surface area contributed by atoms with Crippen molar-refractivity contribution in [2.45, 2.75) is 38.4 Å². The number of amides is 4. The summed E-state index contributed by atoms with van der Waals surface area (Å²) in [5, 5.41) is 13.1. The predicted molar refractivity (Wildman–Crippen MR) is 104 cm³/mol. The molecule has 3 fully saturated rings. The molecule has 3 aliphatic rings. The maximum absolute atomic E-state index is 13.3. The predicted octanol–water partition coefficient (Wildman–Crippen LogP) is 2.25. The Bertz CT molecular complexity index is 1170. The fourth-order valence-electron chi connectivity index (χ4n) is 4.73. The van der Waals surface area contributed by atoms with E-state index in [4.69, 9.17) is 21.4 Å². The van der Waals surface area contributed by atoms with Gasteiger partial charge in [0.25, 0.3) is 11.8 Å². The highest BCUT2D eigenvalue weighted by atomic mass is 35.5. The number of piperazine rings is 1. The van der Waals surface area contributed by atoms with Gasteiger partial charge in [-0.05, 0) is 38.0 Å². The van der Waals surface area contributed by atoms with Crippen LogP contribution >= 0.6 is 11.6 Å². The molecule has 0 N–H and O–H groups in total. The number of halogens is 1. The zero-order valence-corrected chi connectivity index (χ0v) is 16.9. The Morgan fingerprint density at radius 3 is 2.77 bits per heavy atom. The largest absolute Gasteiger partial charge is 0.361 e. The van der Waals surface area contributed by atoms with Crippen LogP contribution in [0.25, 0.3) is 0 Å². The number of rotatable bonds is 2. The standard InChI is InChI=1S/C20H16ClN5O4/c1-9-5-13(23-30-9)18(27)24-8-12-6-15(24)17-19(28)26(20(29)25(12)17)14-4-3-11(7-22)16(21)10(14)2/h3-5,12,15,17H,6,8H2,1-2H3/t12-,15-,17-/m0/s1. The first-order chi connectivity index (χ1) is 14.3. The van der Waals surface area contributed by atoms with Gasteiger partial charge in [-0.25, -0.2) is 9.69 Å². The van der Waals surface area contributed by atoms with Crippen molar-refractivity contribution < 1.29 is 18.9 Å². The van der Waals surface area contributed by atoms with E-state index in [0.717, 1.165) is 4.90 Å². The Morgan fingerprint density at radius 2 is 2.10 bits per heavy atom. The van der Waals surface area contributed by atoms with Crippen LogP contribution in [0.5, 0.6) is 0 Å². The molecule has 152 valence electrons. The minimum absolute atomic E-state index is 0.190. The van der Waals surface area contributed by atoms with Gasteiger partial charge in [-0.2, -0.15) is 5.26 Å². The second kappa shape index (κ2) is 6.31. The Kier molecular flexibility index (Phi) is 3.92. The number of nitrogens with zero attached hydrogens (tertiary/aromatic N) is 5. The second-order valence-electron chi connectivity index (χ2n) is 7.73. The third-order valence-corrected chi connectivity index (χ3v) is 6.58. The first kappa shape index (κ1) is 18.6. The molecule has 2 bridgehead atoms. The number of urea groups is 1. The third kappa shape index (κ3) is 2.34. The van der Waals surface area contributed by atoms with Gasteiger partial charge >= 0.3 is 6.03 Å². The van der Waals surface area contributed by atoms with Crippen LogP contribution in [0.2, 0.25) is 5.02 Å². The Labute approximate surface area is 176 Å². The molecule has 4 heterocycles. The molecule has 0 aliphatic carbocycles. The van der Waals surface area contributed by atoms with Crippen molar-refractivity contribution in [2.75, 3.05) is 11.4 Å². The van der Waals surface area contributed by atoms with Gasteiger partial charge in [-0.15, -0.1) is 0 Å². The van der Waals surface area contributed by atoms with E-state index in [0.29, 0.717) is 30.0 Å². The molecule has 3 saturated heterocycles. The average Bonchev–Trinajstić information content (AvgIpc) is 3.48. The number of nitriles is 1. The summed E-state index contributed by atoms with van der Waals surface area (Å²) < 4.78 is 5.00. The molecule has 10 heteroatoms. The lowest BCUT2D eigenvalue weighted by atomic mass is 10.1. The van der Waals surface area contributed by atoms with Gasteiger partial charge in [0.1, 0.15) is 17.9 Å². The Balaban J connectivity index is 1.48. The summed E-state index contributed by atoms with van der Waals surface area (Å²) in [5.41, 5.74) is 1.30. The number of hydrogen-bond donors (Lipinski definition) is 0. The summed E-state index contributed by atoms with van der Waals surface area (Å²) in [5.74, 6) is -0.184. The minimum atomic E-state index is -0.748. The topological polar surface area (TPSA) is 111 Å². The number of aromatic nitrogens is 1. The molecule has 3 aliphatic heterocycles. The lowest BCUT2D eigenvalue weighted by Gasteiger charge is -2.34. The van der Waals surface area contributed by atoms with Crippen LogP contribution in [-0.4, -0.2) is 57.5 Å². The molecule has 0 spiro atoms. The van der Waals surface area contributed by atoms with Crippen molar-refractivity contribution in [1.82, 2.24) is 15.0 Å². The average molecular weight is 426 g/mol. The molecule has 1 aromatic heterocycles. The quantitative estimate of drug-likeness (QED) is 0.682. The van der Waals surface area contributed by atoms with Gasteiger partial charge in [0.2, 0.25) is 0 Å². The smallest absolute Gasteiger partial charge is 0.332 e. The van der Waals surface area contributed by atoms with Crippen molar-refractivity contribution in [3.05, 3.63) is 45.8 Å². The van der Waals surface area contributed by atoms with Crippen molar-refractivity contribution >= 4 is 35.1 Å². The van der Waals surface area contributed by atoms with E-state index in [1.807, 2.05) is 6.07 Å². The molecular weight excluding hydrogens is 410 g/mol. The summed E-state index contributed by atoms with van der Waals surface area (Å²) in [6.07, 6.45) is 0.547. The zero-order valence-electron chi connectivity index (χ0n) is 16.1. The van der Waals surface area contributed by atoms with Gasteiger partial charge in [-0.3, -0.25) is 9.59 Å².